The Morgan fingerprint density at radius 1 is 1.26 bits per heavy atom. The first kappa shape index (κ1) is 21.5. The number of hydrogen-bond acceptors (Lipinski definition) is 5. The first-order chi connectivity index (χ1) is 14.9. The average Bonchev–Trinajstić information content (AvgIpc) is 3.21. The van der Waals surface area contributed by atoms with Gasteiger partial charge in [0.05, 0.1) is 6.33 Å². The minimum Gasteiger partial charge on any atom is -0.492 e. The fraction of sp³-hybridized carbons (Fsp3) is 0.318. The standard InChI is InChI=1S/C22H25FN4O3S/c1-24-20-13-30-21-10-19(23)16(11-26-31(28,29)22-12-27(2)14-25-22)9-18(21)17(20)8-15-6-4-3-5-7-15/h3-7,9-10,12,14,17,20,24,26H,8,11,13H2,1-2H3/t17-,20+/m1/s1. The van der Waals surface area contributed by atoms with Crippen LogP contribution in [0.2, 0.25) is 0 Å². The van der Waals surface area contributed by atoms with Gasteiger partial charge in [0.1, 0.15) is 18.2 Å². The summed E-state index contributed by atoms with van der Waals surface area (Å²) in [6.07, 6.45) is 3.55. The van der Waals surface area contributed by atoms with E-state index < -0.39 is 15.8 Å². The third kappa shape index (κ3) is 4.63. The van der Waals surface area contributed by atoms with Crippen molar-refractivity contribution in [1.82, 2.24) is 19.6 Å². The number of rotatable bonds is 7. The van der Waals surface area contributed by atoms with Crippen molar-refractivity contribution in [3.8, 4) is 5.75 Å². The molecular formula is C22H25FN4O3S. The highest BCUT2D eigenvalue weighted by Gasteiger charge is 2.31. The van der Waals surface area contributed by atoms with E-state index in [4.69, 9.17) is 4.74 Å². The van der Waals surface area contributed by atoms with Gasteiger partial charge >= 0.3 is 0 Å². The molecule has 2 atom stereocenters. The lowest BCUT2D eigenvalue weighted by atomic mass is 9.83. The second-order valence-electron chi connectivity index (χ2n) is 7.69. The molecular weight excluding hydrogens is 419 g/mol. The highest BCUT2D eigenvalue weighted by Crippen LogP contribution is 2.37. The normalized spacial score (nSPS) is 18.4. The van der Waals surface area contributed by atoms with Gasteiger partial charge in [-0.3, -0.25) is 0 Å². The molecule has 164 valence electrons. The highest BCUT2D eigenvalue weighted by atomic mass is 32.2. The molecule has 0 unspecified atom stereocenters. The maximum atomic E-state index is 14.7. The topological polar surface area (TPSA) is 85.3 Å². The third-order valence-corrected chi connectivity index (χ3v) is 6.85. The van der Waals surface area contributed by atoms with Crippen molar-refractivity contribution in [3.05, 3.63) is 77.5 Å². The van der Waals surface area contributed by atoms with Crippen LogP contribution in [0.25, 0.3) is 0 Å². The largest absolute Gasteiger partial charge is 0.492 e. The number of halogens is 1. The Balaban J connectivity index is 1.62. The van der Waals surface area contributed by atoms with Crippen LogP contribution in [0, 0.1) is 5.82 Å². The zero-order valence-electron chi connectivity index (χ0n) is 17.4. The molecule has 1 aliphatic heterocycles. The molecule has 31 heavy (non-hydrogen) atoms. The Hall–Kier alpha value is -2.75. The summed E-state index contributed by atoms with van der Waals surface area (Å²) in [6.45, 7) is 0.256. The number of benzene rings is 2. The van der Waals surface area contributed by atoms with E-state index in [-0.39, 0.29) is 29.1 Å². The van der Waals surface area contributed by atoms with E-state index in [1.807, 2.05) is 25.2 Å². The quantitative estimate of drug-likeness (QED) is 0.584. The van der Waals surface area contributed by atoms with Gasteiger partial charge < -0.3 is 14.6 Å². The fourth-order valence-electron chi connectivity index (χ4n) is 3.86. The van der Waals surface area contributed by atoms with Gasteiger partial charge in [-0.15, -0.1) is 0 Å². The second kappa shape index (κ2) is 8.78. The van der Waals surface area contributed by atoms with Crippen LogP contribution in [-0.2, 0) is 30.0 Å². The Labute approximate surface area is 181 Å². The van der Waals surface area contributed by atoms with Gasteiger partial charge in [-0.05, 0) is 30.7 Å². The van der Waals surface area contributed by atoms with Gasteiger partial charge in [-0.25, -0.2) is 22.5 Å². The molecule has 0 saturated carbocycles. The van der Waals surface area contributed by atoms with Crippen LogP contribution in [0.1, 0.15) is 22.6 Å². The van der Waals surface area contributed by atoms with Crippen molar-refractivity contribution in [2.75, 3.05) is 13.7 Å². The zero-order chi connectivity index (χ0) is 22.0. The number of ether oxygens (including phenoxy) is 1. The smallest absolute Gasteiger partial charge is 0.259 e. The lowest BCUT2D eigenvalue weighted by Crippen LogP contribution is -2.41. The summed E-state index contributed by atoms with van der Waals surface area (Å²) in [6, 6.07) is 13.2. The SMILES string of the molecule is CN[C@H]1COc2cc(F)c(CNS(=O)(=O)c3cn(C)cn3)cc2[C@H]1Cc1ccccc1. The van der Waals surface area contributed by atoms with Crippen LogP contribution in [0.3, 0.4) is 0 Å². The number of aryl methyl sites for hydroxylation is 1. The van der Waals surface area contributed by atoms with Gasteiger partial charge in [0.15, 0.2) is 5.03 Å². The van der Waals surface area contributed by atoms with Crippen molar-refractivity contribution < 1.29 is 17.5 Å². The predicted octanol–water partition coefficient (Wildman–Crippen LogP) is 2.34. The van der Waals surface area contributed by atoms with Crippen molar-refractivity contribution in [1.29, 1.82) is 0 Å². The predicted molar refractivity (Wildman–Crippen MR) is 115 cm³/mol. The van der Waals surface area contributed by atoms with Gasteiger partial charge in [0.25, 0.3) is 10.0 Å². The van der Waals surface area contributed by atoms with Crippen molar-refractivity contribution in [2.45, 2.75) is 30.0 Å². The molecule has 0 bridgehead atoms. The number of hydrogen-bond donors (Lipinski definition) is 2. The summed E-state index contributed by atoms with van der Waals surface area (Å²) in [5.41, 5.74) is 2.29. The molecule has 2 N–H and O–H groups in total. The van der Waals surface area contributed by atoms with Crippen LogP contribution in [0.4, 0.5) is 4.39 Å². The Kier molecular flexibility index (Phi) is 6.08. The minimum atomic E-state index is -3.85. The molecule has 4 rings (SSSR count). The zero-order valence-corrected chi connectivity index (χ0v) is 18.2. The van der Waals surface area contributed by atoms with E-state index in [0.29, 0.717) is 12.4 Å². The maximum Gasteiger partial charge on any atom is 0.259 e. The van der Waals surface area contributed by atoms with E-state index in [1.165, 1.54) is 28.7 Å². The molecule has 1 aromatic heterocycles. The van der Waals surface area contributed by atoms with E-state index in [9.17, 15) is 12.8 Å². The van der Waals surface area contributed by atoms with Crippen LogP contribution < -0.4 is 14.8 Å². The van der Waals surface area contributed by atoms with Crippen LogP contribution in [-0.4, -0.2) is 37.7 Å². The molecule has 0 fully saturated rings. The number of fused-ring (bicyclic) bond motifs is 1. The summed E-state index contributed by atoms with van der Waals surface area (Å²) >= 11 is 0. The number of nitrogens with one attached hydrogen (secondary N) is 2. The first-order valence-electron chi connectivity index (χ1n) is 10.0. The maximum absolute atomic E-state index is 14.7. The lowest BCUT2D eigenvalue weighted by Gasteiger charge is -2.34. The summed E-state index contributed by atoms with van der Waals surface area (Å²) < 4.78 is 49.5. The molecule has 3 aromatic rings. The van der Waals surface area contributed by atoms with Crippen LogP contribution in [0.5, 0.6) is 5.75 Å². The molecule has 0 saturated heterocycles. The van der Waals surface area contributed by atoms with Crippen molar-refractivity contribution in [3.63, 3.8) is 0 Å². The van der Waals surface area contributed by atoms with E-state index in [1.54, 1.807) is 13.1 Å². The molecule has 2 heterocycles. The first-order valence-corrected chi connectivity index (χ1v) is 11.5. The van der Waals surface area contributed by atoms with Gasteiger partial charge in [0, 0.05) is 43.4 Å². The van der Waals surface area contributed by atoms with E-state index in [0.717, 1.165) is 12.0 Å². The van der Waals surface area contributed by atoms with E-state index >= 15 is 0 Å². The molecule has 0 amide bonds. The second-order valence-corrected chi connectivity index (χ2v) is 9.40. The molecule has 1 aliphatic rings. The highest BCUT2D eigenvalue weighted by molar-refractivity contribution is 7.89. The minimum absolute atomic E-state index is 0.0521. The summed E-state index contributed by atoms with van der Waals surface area (Å²) in [5.74, 6) is 0.0491. The number of nitrogens with zero attached hydrogens (tertiary/aromatic N) is 2. The summed E-state index contributed by atoms with van der Waals surface area (Å²) in [5, 5.41) is 3.19. The lowest BCUT2D eigenvalue weighted by molar-refractivity contribution is 0.217. The molecule has 2 aromatic carbocycles. The van der Waals surface area contributed by atoms with Gasteiger partial charge in [-0.2, -0.15) is 0 Å². The van der Waals surface area contributed by atoms with Crippen molar-refractivity contribution in [2.24, 2.45) is 7.05 Å². The van der Waals surface area contributed by atoms with Crippen molar-refractivity contribution >= 4 is 10.0 Å². The Bertz CT molecular complexity index is 1160. The summed E-state index contributed by atoms with van der Waals surface area (Å²) in [4.78, 5) is 3.86. The van der Waals surface area contributed by atoms with Crippen LogP contribution in [0.15, 0.2) is 60.0 Å². The molecule has 0 radical (unpaired) electrons. The average molecular weight is 445 g/mol. The number of imidazole rings is 1. The van der Waals surface area contributed by atoms with Crippen LogP contribution >= 0.6 is 0 Å². The molecule has 9 heteroatoms. The number of aromatic nitrogens is 2. The van der Waals surface area contributed by atoms with Gasteiger partial charge in [0.2, 0.25) is 0 Å². The molecule has 0 spiro atoms. The third-order valence-electron chi connectivity index (χ3n) is 5.56. The monoisotopic (exact) mass is 444 g/mol. The number of sulfonamides is 1. The van der Waals surface area contributed by atoms with E-state index in [2.05, 4.69) is 27.2 Å². The Morgan fingerprint density at radius 2 is 2.03 bits per heavy atom. The number of likely N-dealkylation sites (N-methyl/N-ethyl adjacent to an activating group) is 1. The fourth-order valence-corrected chi connectivity index (χ4v) is 4.85. The molecule has 0 aliphatic carbocycles. The summed E-state index contributed by atoms with van der Waals surface area (Å²) in [7, 11) is -0.287. The molecule has 7 nitrogen and oxygen atoms in total. The van der Waals surface area contributed by atoms with Gasteiger partial charge in [-0.1, -0.05) is 30.3 Å². The Morgan fingerprint density at radius 3 is 2.71 bits per heavy atom.